The molecule has 0 radical (unpaired) electrons. The SMILES string of the molecule is CC(C)Cn1nnn(CN2CCN(c3ccc([N+](=O)[O-])cc3)CC2)c1=S. The Kier molecular flexibility index (Phi) is 5.62. The molecule has 0 spiro atoms. The second-order valence-electron chi connectivity index (χ2n) is 6.86. The smallest absolute Gasteiger partial charge is 0.269 e. The van der Waals surface area contributed by atoms with Crippen LogP contribution in [0.2, 0.25) is 0 Å². The normalized spacial score (nSPS) is 15.6. The Bertz CT molecular complexity index is 807. The predicted octanol–water partition coefficient (Wildman–Crippen LogP) is 2.15. The number of nitrogens with zero attached hydrogens (tertiary/aromatic N) is 7. The molecule has 0 amide bonds. The van der Waals surface area contributed by atoms with Crippen molar-refractivity contribution in [2.24, 2.45) is 5.92 Å². The highest BCUT2D eigenvalue weighted by Gasteiger charge is 2.19. The van der Waals surface area contributed by atoms with Crippen LogP contribution in [0.3, 0.4) is 0 Å². The summed E-state index contributed by atoms with van der Waals surface area (Å²) in [5.41, 5.74) is 1.13. The average molecular weight is 377 g/mol. The maximum Gasteiger partial charge on any atom is 0.269 e. The fourth-order valence-electron chi connectivity index (χ4n) is 2.98. The lowest BCUT2D eigenvalue weighted by atomic mass is 10.2. The van der Waals surface area contributed by atoms with E-state index >= 15 is 0 Å². The number of hydrogen-bond acceptors (Lipinski definition) is 7. The van der Waals surface area contributed by atoms with Crippen LogP contribution in [0.4, 0.5) is 11.4 Å². The van der Waals surface area contributed by atoms with Gasteiger partial charge in [0.2, 0.25) is 4.77 Å². The summed E-state index contributed by atoms with van der Waals surface area (Å²) in [5.74, 6) is 0.470. The topological polar surface area (TPSA) is 85.3 Å². The Morgan fingerprint density at radius 2 is 1.73 bits per heavy atom. The van der Waals surface area contributed by atoms with Crippen molar-refractivity contribution < 1.29 is 4.92 Å². The third-order valence-electron chi connectivity index (χ3n) is 4.37. The molecule has 140 valence electrons. The molecule has 1 fully saturated rings. The molecule has 0 bridgehead atoms. The van der Waals surface area contributed by atoms with E-state index in [1.165, 1.54) is 0 Å². The van der Waals surface area contributed by atoms with Gasteiger partial charge in [0, 0.05) is 50.5 Å². The number of rotatable bonds is 6. The molecular formula is C16H23N7O2S. The quantitative estimate of drug-likeness (QED) is 0.433. The molecular weight excluding hydrogens is 354 g/mol. The maximum absolute atomic E-state index is 10.8. The zero-order valence-corrected chi connectivity index (χ0v) is 15.8. The van der Waals surface area contributed by atoms with Crippen molar-refractivity contribution in [3.8, 4) is 0 Å². The molecule has 3 rings (SSSR count). The van der Waals surface area contributed by atoms with Crippen molar-refractivity contribution in [1.29, 1.82) is 0 Å². The van der Waals surface area contributed by atoms with Gasteiger partial charge in [-0.05, 0) is 40.7 Å². The van der Waals surface area contributed by atoms with E-state index in [1.54, 1.807) is 33.6 Å². The lowest BCUT2D eigenvalue weighted by Crippen LogP contribution is -2.47. The molecule has 0 atom stereocenters. The monoisotopic (exact) mass is 377 g/mol. The van der Waals surface area contributed by atoms with Gasteiger partial charge in [-0.15, -0.1) is 0 Å². The lowest BCUT2D eigenvalue weighted by molar-refractivity contribution is -0.384. The standard InChI is InChI=1S/C16H23N7O2S/c1-13(2)11-21-16(26)22(18-17-21)12-19-7-9-20(10-8-19)14-3-5-15(6-4-14)23(24)25/h3-6,13H,7-12H2,1-2H3. The zero-order chi connectivity index (χ0) is 18.7. The molecule has 1 aromatic carbocycles. The molecule has 2 aromatic rings. The van der Waals surface area contributed by atoms with E-state index in [-0.39, 0.29) is 10.6 Å². The van der Waals surface area contributed by atoms with E-state index in [1.807, 2.05) is 0 Å². The number of hydrogen-bond donors (Lipinski definition) is 0. The van der Waals surface area contributed by atoms with Crippen LogP contribution in [0.25, 0.3) is 0 Å². The van der Waals surface area contributed by atoms with E-state index < -0.39 is 0 Å². The van der Waals surface area contributed by atoms with Gasteiger partial charge in [0.25, 0.3) is 5.69 Å². The van der Waals surface area contributed by atoms with Gasteiger partial charge in [0.05, 0.1) is 11.6 Å². The minimum absolute atomic E-state index is 0.117. The molecule has 1 aliphatic rings. The third kappa shape index (κ3) is 4.25. The summed E-state index contributed by atoms with van der Waals surface area (Å²) in [7, 11) is 0. The summed E-state index contributed by atoms with van der Waals surface area (Å²) >= 11 is 5.45. The van der Waals surface area contributed by atoms with Gasteiger partial charge in [-0.25, -0.2) is 9.36 Å². The summed E-state index contributed by atoms with van der Waals surface area (Å²) in [5, 5.41) is 19.1. The Morgan fingerprint density at radius 1 is 1.12 bits per heavy atom. The molecule has 0 saturated carbocycles. The van der Waals surface area contributed by atoms with E-state index in [4.69, 9.17) is 12.2 Å². The molecule has 9 nitrogen and oxygen atoms in total. The van der Waals surface area contributed by atoms with Gasteiger partial charge in [-0.2, -0.15) is 0 Å². The minimum atomic E-state index is -0.377. The zero-order valence-electron chi connectivity index (χ0n) is 15.0. The van der Waals surface area contributed by atoms with Crippen molar-refractivity contribution in [3.05, 3.63) is 39.2 Å². The Labute approximate surface area is 156 Å². The third-order valence-corrected chi connectivity index (χ3v) is 4.79. The van der Waals surface area contributed by atoms with E-state index in [0.29, 0.717) is 17.4 Å². The van der Waals surface area contributed by atoms with E-state index in [0.717, 1.165) is 38.4 Å². The maximum atomic E-state index is 10.8. The summed E-state index contributed by atoms with van der Waals surface area (Å²) < 4.78 is 4.18. The minimum Gasteiger partial charge on any atom is -0.369 e. The van der Waals surface area contributed by atoms with E-state index in [9.17, 15) is 10.1 Å². The van der Waals surface area contributed by atoms with Gasteiger partial charge >= 0.3 is 0 Å². The molecule has 0 N–H and O–H groups in total. The van der Waals surface area contributed by atoms with Gasteiger partial charge in [0.15, 0.2) is 0 Å². The van der Waals surface area contributed by atoms with Gasteiger partial charge in [0.1, 0.15) is 0 Å². The number of benzene rings is 1. The largest absolute Gasteiger partial charge is 0.369 e. The Morgan fingerprint density at radius 3 is 2.31 bits per heavy atom. The first-order valence-electron chi connectivity index (χ1n) is 8.66. The first-order chi connectivity index (χ1) is 12.4. The van der Waals surface area contributed by atoms with Gasteiger partial charge < -0.3 is 4.90 Å². The highest BCUT2D eigenvalue weighted by atomic mass is 32.1. The fourth-order valence-corrected chi connectivity index (χ4v) is 3.18. The highest BCUT2D eigenvalue weighted by molar-refractivity contribution is 7.71. The second kappa shape index (κ2) is 7.92. The molecule has 1 aliphatic heterocycles. The van der Waals surface area contributed by atoms with Crippen LogP contribution >= 0.6 is 12.2 Å². The number of nitro benzene ring substituents is 1. The number of non-ortho nitro benzene ring substituents is 1. The number of nitro groups is 1. The summed E-state index contributed by atoms with van der Waals surface area (Å²) in [6, 6.07) is 6.71. The van der Waals surface area contributed by atoms with Crippen LogP contribution in [0.15, 0.2) is 24.3 Å². The molecule has 10 heteroatoms. The van der Waals surface area contributed by atoms with Crippen LogP contribution < -0.4 is 4.90 Å². The van der Waals surface area contributed by atoms with Gasteiger partial charge in [-0.3, -0.25) is 15.0 Å². The summed E-state index contributed by atoms with van der Waals surface area (Å²) in [4.78, 5) is 14.9. The van der Waals surface area contributed by atoms with Crippen LogP contribution in [0.1, 0.15) is 13.8 Å². The summed E-state index contributed by atoms with van der Waals surface area (Å²) in [6.45, 7) is 9.09. The molecule has 1 saturated heterocycles. The number of piperazine rings is 1. The van der Waals surface area contributed by atoms with Crippen molar-refractivity contribution in [3.63, 3.8) is 0 Å². The highest BCUT2D eigenvalue weighted by Crippen LogP contribution is 2.20. The molecule has 2 heterocycles. The number of tetrazole rings is 1. The molecule has 0 aliphatic carbocycles. The van der Waals surface area contributed by atoms with Crippen molar-refractivity contribution in [2.75, 3.05) is 31.1 Å². The lowest BCUT2D eigenvalue weighted by Gasteiger charge is -2.35. The molecule has 0 unspecified atom stereocenters. The van der Waals surface area contributed by atoms with Crippen molar-refractivity contribution in [1.82, 2.24) is 24.7 Å². The summed E-state index contributed by atoms with van der Waals surface area (Å²) in [6.07, 6.45) is 0. The van der Waals surface area contributed by atoms with Crippen LogP contribution in [-0.4, -0.2) is 55.8 Å². The van der Waals surface area contributed by atoms with Crippen molar-refractivity contribution >= 4 is 23.6 Å². The number of aromatic nitrogens is 4. The van der Waals surface area contributed by atoms with Crippen LogP contribution in [0.5, 0.6) is 0 Å². The Hall–Kier alpha value is -2.33. The first-order valence-corrected chi connectivity index (χ1v) is 9.07. The van der Waals surface area contributed by atoms with Crippen LogP contribution in [-0.2, 0) is 13.2 Å². The fraction of sp³-hybridized carbons (Fsp3) is 0.562. The number of anilines is 1. The average Bonchev–Trinajstić information content (AvgIpc) is 2.95. The van der Waals surface area contributed by atoms with Gasteiger partial charge in [-0.1, -0.05) is 13.8 Å². The van der Waals surface area contributed by atoms with E-state index in [2.05, 4.69) is 34.1 Å². The first kappa shape index (κ1) is 18.5. The van der Waals surface area contributed by atoms with Crippen molar-refractivity contribution in [2.45, 2.75) is 27.1 Å². The predicted molar refractivity (Wildman–Crippen MR) is 101 cm³/mol. The second-order valence-corrected chi connectivity index (χ2v) is 7.22. The Balaban J connectivity index is 1.56. The molecule has 26 heavy (non-hydrogen) atoms. The van der Waals surface area contributed by atoms with Crippen LogP contribution in [0, 0.1) is 20.8 Å². The molecule has 1 aromatic heterocycles.